The Morgan fingerprint density at radius 1 is 1.40 bits per heavy atom. The second-order valence-electron chi connectivity index (χ2n) is 6.90. The molecular weight excluding hydrogens is 252 g/mol. The fraction of sp³-hybridized carbons (Fsp3) is 0.733. The van der Waals surface area contributed by atoms with Gasteiger partial charge in [-0.3, -0.25) is 4.79 Å². The van der Waals surface area contributed by atoms with Crippen LogP contribution in [0.15, 0.2) is 12.5 Å². The summed E-state index contributed by atoms with van der Waals surface area (Å²) in [6.45, 7) is 10.4. The Balaban J connectivity index is 2.48. The van der Waals surface area contributed by atoms with Crippen molar-refractivity contribution in [1.29, 1.82) is 0 Å². The summed E-state index contributed by atoms with van der Waals surface area (Å²) in [5, 5.41) is 0. The maximum atomic E-state index is 12.4. The average Bonchev–Trinajstić information content (AvgIpc) is 2.79. The summed E-state index contributed by atoms with van der Waals surface area (Å²) in [6.07, 6.45) is 4.94. The number of piperidine rings is 1. The van der Waals surface area contributed by atoms with Gasteiger partial charge < -0.3 is 15.2 Å². The number of nitrogens with zero attached hydrogens (tertiary/aromatic N) is 3. The highest BCUT2D eigenvalue weighted by atomic mass is 16.2. The van der Waals surface area contributed by atoms with Gasteiger partial charge in [0, 0.05) is 24.0 Å². The van der Waals surface area contributed by atoms with E-state index in [1.807, 2.05) is 17.4 Å². The Morgan fingerprint density at radius 3 is 2.60 bits per heavy atom. The molecule has 0 aliphatic carbocycles. The zero-order valence-corrected chi connectivity index (χ0v) is 13.1. The van der Waals surface area contributed by atoms with Crippen molar-refractivity contribution in [2.75, 3.05) is 0 Å². The lowest BCUT2D eigenvalue weighted by molar-refractivity contribution is -0.144. The Hall–Kier alpha value is -1.36. The van der Waals surface area contributed by atoms with Crippen molar-refractivity contribution in [2.24, 2.45) is 5.73 Å². The molecule has 0 bridgehead atoms. The molecule has 1 fully saturated rings. The van der Waals surface area contributed by atoms with E-state index in [2.05, 4.69) is 44.2 Å². The van der Waals surface area contributed by atoms with Crippen molar-refractivity contribution in [1.82, 2.24) is 14.5 Å². The molecule has 20 heavy (non-hydrogen) atoms. The topological polar surface area (TPSA) is 64.2 Å². The van der Waals surface area contributed by atoms with Gasteiger partial charge in [-0.15, -0.1) is 0 Å². The normalized spacial score (nSPS) is 24.6. The Morgan fingerprint density at radius 2 is 2.05 bits per heavy atom. The summed E-state index contributed by atoms with van der Waals surface area (Å²) in [5.74, 6) is 0.181. The number of carbonyl (C=O) groups is 1. The lowest BCUT2D eigenvalue weighted by Crippen LogP contribution is -2.56. The Bertz CT molecular complexity index is 486. The van der Waals surface area contributed by atoms with Gasteiger partial charge >= 0.3 is 0 Å². The number of nitrogens with two attached hydrogens (primary N) is 1. The van der Waals surface area contributed by atoms with Crippen LogP contribution in [0, 0.1) is 0 Å². The number of hydrogen-bond donors (Lipinski definition) is 1. The van der Waals surface area contributed by atoms with Crippen LogP contribution in [0.4, 0.5) is 0 Å². The van der Waals surface area contributed by atoms with Gasteiger partial charge in [0.25, 0.3) is 0 Å². The van der Waals surface area contributed by atoms with E-state index in [4.69, 9.17) is 5.73 Å². The quantitative estimate of drug-likeness (QED) is 0.902. The molecular formula is C15H26N4O. The number of hydrogen-bond acceptors (Lipinski definition) is 3. The first-order chi connectivity index (χ1) is 9.23. The molecule has 1 aliphatic rings. The van der Waals surface area contributed by atoms with Crippen LogP contribution < -0.4 is 5.73 Å². The van der Waals surface area contributed by atoms with E-state index in [1.54, 1.807) is 0 Å². The molecule has 1 aromatic rings. The van der Waals surface area contributed by atoms with Crippen molar-refractivity contribution in [3.8, 4) is 0 Å². The van der Waals surface area contributed by atoms with Gasteiger partial charge in [0.05, 0.1) is 24.3 Å². The molecule has 2 atom stereocenters. The van der Waals surface area contributed by atoms with Crippen LogP contribution in [-0.4, -0.2) is 31.9 Å². The molecule has 0 aromatic carbocycles. The largest absolute Gasteiger partial charge is 0.330 e. The molecule has 2 N–H and O–H groups in total. The van der Waals surface area contributed by atoms with E-state index in [9.17, 15) is 4.79 Å². The molecule has 1 saturated heterocycles. The van der Waals surface area contributed by atoms with Crippen molar-refractivity contribution >= 4 is 5.91 Å². The van der Waals surface area contributed by atoms with E-state index < -0.39 is 0 Å². The highest BCUT2D eigenvalue weighted by Gasteiger charge is 2.42. The highest BCUT2D eigenvalue weighted by Crippen LogP contribution is 2.36. The molecule has 0 saturated carbocycles. The van der Waals surface area contributed by atoms with Gasteiger partial charge in [-0.1, -0.05) is 0 Å². The van der Waals surface area contributed by atoms with Gasteiger partial charge in [0.1, 0.15) is 0 Å². The summed E-state index contributed by atoms with van der Waals surface area (Å²) in [4.78, 5) is 18.6. The second-order valence-corrected chi connectivity index (χ2v) is 6.90. The third-order valence-electron chi connectivity index (χ3n) is 3.92. The standard InChI is InChI=1S/C15H26N4O/c1-10(2)18-9-17-8-12(18)14-11(16)6-7-13(20)19(14)15(3,4)5/h8-11,14H,6-7,16H2,1-5H3. The van der Waals surface area contributed by atoms with Crippen molar-refractivity contribution < 1.29 is 4.79 Å². The van der Waals surface area contributed by atoms with Crippen LogP contribution in [0.1, 0.15) is 65.2 Å². The summed E-state index contributed by atoms with van der Waals surface area (Å²) >= 11 is 0. The van der Waals surface area contributed by atoms with E-state index >= 15 is 0 Å². The zero-order chi connectivity index (χ0) is 15.1. The molecule has 1 amide bonds. The van der Waals surface area contributed by atoms with E-state index in [0.29, 0.717) is 12.5 Å². The van der Waals surface area contributed by atoms with Crippen LogP contribution in [0.5, 0.6) is 0 Å². The number of likely N-dealkylation sites (tertiary alicyclic amines) is 1. The minimum absolute atomic E-state index is 0.0406. The van der Waals surface area contributed by atoms with Crippen LogP contribution in [0.25, 0.3) is 0 Å². The number of aromatic nitrogens is 2. The molecule has 1 aliphatic heterocycles. The summed E-state index contributed by atoms with van der Waals surface area (Å²) < 4.78 is 2.11. The molecule has 5 heteroatoms. The first kappa shape index (κ1) is 15.0. The van der Waals surface area contributed by atoms with E-state index in [-0.39, 0.29) is 23.5 Å². The SMILES string of the molecule is CC(C)n1cncc1C1C(N)CCC(=O)N1C(C)(C)C. The van der Waals surface area contributed by atoms with Crippen molar-refractivity contribution in [3.63, 3.8) is 0 Å². The summed E-state index contributed by atoms with van der Waals surface area (Å²) in [6, 6.07) is 0.167. The predicted octanol–water partition coefficient (Wildman–Crippen LogP) is 2.25. The maximum absolute atomic E-state index is 12.4. The maximum Gasteiger partial charge on any atom is 0.223 e. The third-order valence-corrected chi connectivity index (χ3v) is 3.92. The number of imidazole rings is 1. The van der Waals surface area contributed by atoms with Crippen molar-refractivity contribution in [3.05, 3.63) is 18.2 Å². The lowest BCUT2D eigenvalue weighted by Gasteiger charge is -2.47. The van der Waals surface area contributed by atoms with Crippen molar-refractivity contribution in [2.45, 2.75) is 71.1 Å². The average molecular weight is 278 g/mol. The van der Waals surface area contributed by atoms with Gasteiger partial charge in [-0.2, -0.15) is 0 Å². The van der Waals surface area contributed by atoms with Gasteiger partial charge in [-0.05, 0) is 41.0 Å². The second kappa shape index (κ2) is 5.20. The molecule has 2 unspecified atom stereocenters. The summed E-state index contributed by atoms with van der Waals surface area (Å²) in [5.41, 5.74) is 7.15. The zero-order valence-electron chi connectivity index (χ0n) is 13.1. The number of amides is 1. The number of carbonyl (C=O) groups excluding carboxylic acids is 1. The van der Waals surface area contributed by atoms with Gasteiger partial charge in [0.15, 0.2) is 0 Å². The Kier molecular flexibility index (Phi) is 3.91. The molecule has 5 nitrogen and oxygen atoms in total. The minimum Gasteiger partial charge on any atom is -0.330 e. The predicted molar refractivity (Wildman–Crippen MR) is 79.2 cm³/mol. The third kappa shape index (κ3) is 2.59. The molecule has 2 rings (SSSR count). The van der Waals surface area contributed by atoms with Gasteiger partial charge in [-0.25, -0.2) is 4.98 Å². The summed E-state index contributed by atoms with van der Waals surface area (Å²) in [7, 11) is 0. The number of rotatable bonds is 2. The van der Waals surface area contributed by atoms with E-state index in [0.717, 1.165) is 12.1 Å². The molecule has 2 heterocycles. The van der Waals surface area contributed by atoms with E-state index in [1.165, 1.54) is 0 Å². The molecule has 112 valence electrons. The van der Waals surface area contributed by atoms with Crippen LogP contribution in [-0.2, 0) is 4.79 Å². The van der Waals surface area contributed by atoms with Crippen LogP contribution in [0.3, 0.4) is 0 Å². The first-order valence-electron chi connectivity index (χ1n) is 7.33. The smallest absolute Gasteiger partial charge is 0.223 e. The molecule has 0 spiro atoms. The fourth-order valence-corrected chi connectivity index (χ4v) is 3.03. The molecule has 1 aromatic heterocycles. The monoisotopic (exact) mass is 278 g/mol. The fourth-order valence-electron chi connectivity index (χ4n) is 3.03. The minimum atomic E-state index is -0.244. The lowest BCUT2D eigenvalue weighted by atomic mass is 9.89. The molecule has 0 radical (unpaired) electrons. The van der Waals surface area contributed by atoms with Crippen LogP contribution >= 0.6 is 0 Å². The first-order valence-corrected chi connectivity index (χ1v) is 7.33. The van der Waals surface area contributed by atoms with Crippen LogP contribution in [0.2, 0.25) is 0 Å². The Labute approximate surface area is 121 Å². The van der Waals surface area contributed by atoms with Gasteiger partial charge in [0.2, 0.25) is 5.91 Å². The highest BCUT2D eigenvalue weighted by molar-refractivity contribution is 5.78.